The van der Waals surface area contributed by atoms with Gasteiger partial charge in [0, 0.05) is 24.0 Å². The van der Waals surface area contributed by atoms with E-state index in [9.17, 15) is 5.11 Å². The second kappa shape index (κ2) is 5.45. The number of likely N-dealkylation sites (tertiary alicyclic amines) is 1. The van der Waals surface area contributed by atoms with Crippen LogP contribution < -0.4 is 5.32 Å². The zero-order chi connectivity index (χ0) is 16.3. The Balaban J connectivity index is 1.57. The number of fused-ring (bicyclic) bond motifs is 1. The number of hydrogen-bond acceptors (Lipinski definition) is 4. The van der Waals surface area contributed by atoms with Crippen LogP contribution in [0.2, 0.25) is 0 Å². The molecule has 0 radical (unpaired) electrons. The number of phenols is 1. The lowest BCUT2D eigenvalue weighted by atomic mass is 9.58. The molecular weight excluding hydrogens is 300 g/mol. The smallest absolute Gasteiger partial charge is 0.115 e. The van der Waals surface area contributed by atoms with E-state index in [0.717, 1.165) is 31.8 Å². The molecule has 0 spiro atoms. The van der Waals surface area contributed by atoms with Crippen molar-refractivity contribution < 1.29 is 9.84 Å². The minimum atomic E-state index is 0.0724. The summed E-state index contributed by atoms with van der Waals surface area (Å²) < 4.78 is 6.49. The Morgan fingerprint density at radius 2 is 2.25 bits per heavy atom. The molecule has 2 heterocycles. The molecule has 2 saturated heterocycles. The van der Waals surface area contributed by atoms with Gasteiger partial charge in [0.05, 0.1) is 12.7 Å². The van der Waals surface area contributed by atoms with Crippen LogP contribution in [-0.2, 0) is 16.6 Å². The highest BCUT2D eigenvalue weighted by molar-refractivity contribution is 5.46. The van der Waals surface area contributed by atoms with E-state index in [-0.39, 0.29) is 11.5 Å². The molecule has 2 aliphatic carbocycles. The Bertz CT molecular complexity index is 645. The first-order valence-electron chi connectivity index (χ1n) is 9.55. The summed E-state index contributed by atoms with van der Waals surface area (Å²) in [7, 11) is 2.04. The number of aromatic hydroxyl groups is 1. The Morgan fingerprint density at radius 1 is 1.38 bits per heavy atom. The van der Waals surface area contributed by atoms with Crippen LogP contribution in [0.1, 0.15) is 36.8 Å². The van der Waals surface area contributed by atoms with Crippen molar-refractivity contribution in [2.75, 3.05) is 26.7 Å². The summed E-state index contributed by atoms with van der Waals surface area (Å²) >= 11 is 0. The van der Waals surface area contributed by atoms with Gasteiger partial charge in [-0.15, -0.1) is 0 Å². The Hall–Kier alpha value is -1.10. The molecule has 4 atom stereocenters. The summed E-state index contributed by atoms with van der Waals surface area (Å²) in [6, 6.07) is 6.95. The molecule has 3 unspecified atom stereocenters. The Morgan fingerprint density at radius 3 is 3.04 bits per heavy atom. The second-order valence-electron chi connectivity index (χ2n) is 8.40. The molecule has 2 aliphatic heterocycles. The SMILES string of the molecule is CNC1COC2[C@H]3Cc4ccc(O)cc4C2(CCN3CC2CC2)C1. The third-order valence-electron chi connectivity index (χ3n) is 6.95. The standard InChI is InChI=1S/C20H28N2O2/c1-21-15-10-20-6-7-22(11-13-2-3-13)18(19(20)24-12-15)8-14-4-5-16(23)9-17(14)20/h4-5,9,13,15,18-19,21,23H,2-3,6-8,10-12H2,1H3/t15?,18-,19?,20?/m1/s1. The molecule has 4 heteroatoms. The molecule has 0 aromatic heterocycles. The van der Waals surface area contributed by atoms with E-state index in [4.69, 9.17) is 4.74 Å². The average Bonchev–Trinajstić information content (AvgIpc) is 3.41. The summed E-state index contributed by atoms with van der Waals surface area (Å²) in [5, 5.41) is 13.5. The fourth-order valence-corrected chi connectivity index (χ4v) is 5.53. The highest BCUT2D eigenvalue weighted by Crippen LogP contribution is 2.52. The van der Waals surface area contributed by atoms with Gasteiger partial charge in [-0.05, 0) is 74.9 Å². The normalized spacial score (nSPS) is 38.5. The molecule has 0 amide bonds. The minimum Gasteiger partial charge on any atom is -0.508 e. The second-order valence-corrected chi connectivity index (χ2v) is 8.40. The third-order valence-corrected chi connectivity index (χ3v) is 6.95. The van der Waals surface area contributed by atoms with E-state index >= 15 is 0 Å². The molecule has 130 valence electrons. The predicted molar refractivity (Wildman–Crippen MR) is 93.4 cm³/mol. The van der Waals surface area contributed by atoms with Crippen LogP contribution >= 0.6 is 0 Å². The predicted octanol–water partition coefficient (Wildman–Crippen LogP) is 2.05. The van der Waals surface area contributed by atoms with Crippen molar-refractivity contribution in [3.05, 3.63) is 29.3 Å². The summed E-state index contributed by atoms with van der Waals surface area (Å²) in [5.74, 6) is 1.32. The van der Waals surface area contributed by atoms with E-state index in [1.807, 2.05) is 19.2 Å². The minimum absolute atomic E-state index is 0.0724. The van der Waals surface area contributed by atoms with Gasteiger partial charge in [0.25, 0.3) is 0 Å². The summed E-state index contributed by atoms with van der Waals surface area (Å²) in [4.78, 5) is 2.72. The summed E-state index contributed by atoms with van der Waals surface area (Å²) in [5.41, 5.74) is 2.85. The number of benzene rings is 1. The number of ether oxygens (including phenoxy) is 1. The lowest BCUT2D eigenvalue weighted by molar-refractivity contribution is -0.137. The van der Waals surface area contributed by atoms with Gasteiger partial charge in [-0.3, -0.25) is 4.90 Å². The number of piperidine rings is 1. The van der Waals surface area contributed by atoms with Gasteiger partial charge in [-0.2, -0.15) is 0 Å². The van der Waals surface area contributed by atoms with E-state index in [0.29, 0.717) is 17.8 Å². The van der Waals surface area contributed by atoms with Crippen molar-refractivity contribution in [3.8, 4) is 5.75 Å². The first kappa shape index (κ1) is 15.2. The van der Waals surface area contributed by atoms with Crippen LogP contribution in [0, 0.1) is 5.92 Å². The van der Waals surface area contributed by atoms with Crippen LogP contribution in [-0.4, -0.2) is 54.9 Å². The van der Waals surface area contributed by atoms with Crippen LogP contribution in [0.25, 0.3) is 0 Å². The van der Waals surface area contributed by atoms with Crippen molar-refractivity contribution in [1.29, 1.82) is 0 Å². The molecule has 5 rings (SSSR count). The van der Waals surface area contributed by atoms with E-state index in [1.54, 1.807) is 0 Å². The van der Waals surface area contributed by atoms with Crippen LogP contribution in [0.3, 0.4) is 0 Å². The molecule has 1 aromatic carbocycles. The first-order valence-corrected chi connectivity index (χ1v) is 9.55. The fourth-order valence-electron chi connectivity index (χ4n) is 5.53. The number of nitrogens with zero attached hydrogens (tertiary/aromatic N) is 1. The van der Waals surface area contributed by atoms with Crippen molar-refractivity contribution in [1.82, 2.24) is 10.2 Å². The van der Waals surface area contributed by atoms with Crippen LogP contribution in [0.5, 0.6) is 5.75 Å². The fraction of sp³-hybridized carbons (Fsp3) is 0.700. The van der Waals surface area contributed by atoms with E-state index in [1.165, 1.54) is 37.1 Å². The van der Waals surface area contributed by atoms with Gasteiger partial charge in [0.15, 0.2) is 0 Å². The van der Waals surface area contributed by atoms with Crippen LogP contribution in [0.15, 0.2) is 18.2 Å². The van der Waals surface area contributed by atoms with Gasteiger partial charge < -0.3 is 15.2 Å². The van der Waals surface area contributed by atoms with Gasteiger partial charge in [0.2, 0.25) is 0 Å². The maximum atomic E-state index is 10.1. The third kappa shape index (κ3) is 2.23. The molecule has 2 bridgehead atoms. The topological polar surface area (TPSA) is 44.7 Å². The maximum absolute atomic E-state index is 10.1. The Labute approximate surface area is 144 Å². The largest absolute Gasteiger partial charge is 0.508 e. The van der Waals surface area contributed by atoms with Crippen molar-refractivity contribution in [2.24, 2.45) is 5.92 Å². The van der Waals surface area contributed by atoms with Gasteiger partial charge in [-0.1, -0.05) is 6.07 Å². The molecule has 24 heavy (non-hydrogen) atoms. The van der Waals surface area contributed by atoms with Crippen molar-refractivity contribution in [2.45, 2.75) is 55.7 Å². The van der Waals surface area contributed by atoms with E-state index < -0.39 is 0 Å². The zero-order valence-electron chi connectivity index (χ0n) is 14.5. The number of phenolic OH excluding ortho intramolecular Hbond substituents is 1. The number of hydrogen-bond donors (Lipinski definition) is 2. The monoisotopic (exact) mass is 328 g/mol. The lowest BCUT2D eigenvalue weighted by Crippen LogP contribution is -2.68. The first-order chi connectivity index (χ1) is 11.7. The molecular formula is C20H28N2O2. The van der Waals surface area contributed by atoms with Gasteiger partial charge in [-0.25, -0.2) is 0 Å². The van der Waals surface area contributed by atoms with Crippen molar-refractivity contribution >= 4 is 0 Å². The highest BCUT2D eigenvalue weighted by Gasteiger charge is 2.57. The number of rotatable bonds is 3. The molecule has 4 nitrogen and oxygen atoms in total. The maximum Gasteiger partial charge on any atom is 0.115 e. The van der Waals surface area contributed by atoms with Gasteiger partial charge >= 0.3 is 0 Å². The highest BCUT2D eigenvalue weighted by atomic mass is 16.5. The number of nitrogens with one attached hydrogen (secondary N) is 1. The molecule has 3 fully saturated rings. The lowest BCUT2D eigenvalue weighted by Gasteiger charge is -2.59. The molecule has 2 N–H and O–H groups in total. The molecule has 1 aromatic rings. The van der Waals surface area contributed by atoms with E-state index in [2.05, 4.69) is 16.3 Å². The number of likely N-dealkylation sites (N-methyl/N-ethyl adjacent to an activating group) is 1. The van der Waals surface area contributed by atoms with Crippen molar-refractivity contribution in [3.63, 3.8) is 0 Å². The molecule has 1 saturated carbocycles. The summed E-state index contributed by atoms with van der Waals surface area (Å²) in [6.07, 6.45) is 6.44. The molecule has 4 aliphatic rings. The quantitative estimate of drug-likeness (QED) is 0.891. The Kier molecular flexibility index (Phi) is 3.45. The van der Waals surface area contributed by atoms with Gasteiger partial charge in [0.1, 0.15) is 5.75 Å². The summed E-state index contributed by atoms with van der Waals surface area (Å²) in [6.45, 7) is 3.24. The zero-order valence-corrected chi connectivity index (χ0v) is 14.5. The van der Waals surface area contributed by atoms with Crippen LogP contribution in [0.4, 0.5) is 0 Å². The average molecular weight is 328 g/mol.